The molecule has 21 valence electrons. The monoisotopic (exact) mass is 247 g/mol. The zero-order valence-electron chi connectivity index (χ0n) is 2.12. The maximum Gasteiger partial charge on any atom is 0 e. The zero-order chi connectivity index (χ0) is 0. The van der Waals surface area contributed by atoms with Crippen molar-refractivity contribution in [3.05, 3.63) is 0 Å². The summed E-state index contributed by atoms with van der Waals surface area (Å²) in [5.74, 6) is 0. The molecular weight excluding hydrogens is 248 g/mol. The number of rotatable bonds is 0. The molecule has 0 aromatic heterocycles. The van der Waals surface area contributed by atoms with Crippen LogP contribution in [0.2, 0.25) is 0 Å². The van der Waals surface area contributed by atoms with E-state index in [4.69, 9.17) is 0 Å². The molecule has 0 unspecified atom stereocenters. The molecule has 4 heteroatoms. The van der Waals surface area contributed by atoms with Gasteiger partial charge in [0.05, 0.1) is 0 Å². The normalized spacial score (nSPS) is 0. The van der Waals surface area contributed by atoms with Crippen molar-refractivity contribution in [1.29, 1.82) is 0 Å². The Balaban J connectivity index is 0. The van der Waals surface area contributed by atoms with Crippen LogP contribution in [-0.4, -0.2) is 54.8 Å². The van der Waals surface area contributed by atoms with Gasteiger partial charge in [0.1, 0.15) is 0 Å². The van der Waals surface area contributed by atoms with Gasteiger partial charge in [-0.2, -0.15) is 0 Å². The van der Waals surface area contributed by atoms with Crippen LogP contribution in [0.3, 0.4) is 0 Å². The van der Waals surface area contributed by atoms with E-state index in [1.165, 1.54) is 0 Å². The second-order valence-corrected chi connectivity index (χ2v) is 0. The minimum Gasteiger partial charge on any atom is 0 e. The van der Waals surface area contributed by atoms with E-state index in [2.05, 4.69) is 0 Å². The molecule has 0 aromatic carbocycles. The van der Waals surface area contributed by atoms with E-state index >= 15 is 0 Å². The molecule has 0 aliphatic carbocycles. The van der Waals surface area contributed by atoms with Crippen LogP contribution in [0.15, 0.2) is 0 Å². The fourth-order valence-electron chi connectivity index (χ4n) is 0. The van der Waals surface area contributed by atoms with E-state index in [1.807, 2.05) is 0 Å². The van der Waals surface area contributed by atoms with E-state index in [0.29, 0.717) is 0 Å². The van der Waals surface area contributed by atoms with Crippen molar-refractivity contribution in [2.75, 3.05) is 0 Å². The summed E-state index contributed by atoms with van der Waals surface area (Å²) in [6.45, 7) is 0. The summed E-state index contributed by atoms with van der Waals surface area (Å²) in [5, 5.41) is 0. The number of hydrogen-bond donors (Lipinski definition) is 0. The first kappa shape index (κ1) is 28.4. The molecule has 0 heterocycles. The summed E-state index contributed by atoms with van der Waals surface area (Å²) < 4.78 is 0. The van der Waals surface area contributed by atoms with Crippen LogP contribution in [0.25, 0.3) is 0 Å². The molecule has 0 aromatic rings. The van der Waals surface area contributed by atoms with Gasteiger partial charge in [0.15, 0.2) is 0 Å². The van der Waals surface area contributed by atoms with Crippen LogP contribution in [0.5, 0.6) is 0 Å². The van der Waals surface area contributed by atoms with Crippen molar-refractivity contribution in [3.8, 4) is 0 Å². The van der Waals surface area contributed by atoms with Gasteiger partial charge < -0.3 is 0 Å². The van der Waals surface area contributed by atoms with Crippen molar-refractivity contribution in [3.63, 3.8) is 0 Å². The summed E-state index contributed by atoms with van der Waals surface area (Å²) in [6, 6.07) is 0. The SMILES string of the molecule is [Ca].[Cu].[Se].[Zn]. The molecule has 0 amide bonds. The molecule has 4 heavy (non-hydrogen) atoms. The van der Waals surface area contributed by atoms with Crippen LogP contribution in [0.1, 0.15) is 0 Å². The Kier molecular flexibility index (Phi) is 119. The minimum atomic E-state index is 0. The molecule has 5 radical (unpaired) electrons. The van der Waals surface area contributed by atoms with E-state index in [1.54, 1.807) is 0 Å². The third-order valence-corrected chi connectivity index (χ3v) is 0. The van der Waals surface area contributed by atoms with Crippen molar-refractivity contribution in [2.24, 2.45) is 0 Å². The van der Waals surface area contributed by atoms with Gasteiger partial charge in [-0.05, 0) is 0 Å². The second kappa shape index (κ2) is 16.8. The van der Waals surface area contributed by atoms with Crippen molar-refractivity contribution in [2.45, 2.75) is 0 Å². The molecule has 0 aliphatic heterocycles. The van der Waals surface area contributed by atoms with Gasteiger partial charge in [-0.15, -0.1) is 0 Å². The second-order valence-electron chi connectivity index (χ2n) is 0. The zero-order valence-corrected chi connectivity index (χ0v) is 9.95. The fourth-order valence-corrected chi connectivity index (χ4v) is 0. The summed E-state index contributed by atoms with van der Waals surface area (Å²) >= 11 is 0. The van der Waals surface area contributed by atoms with E-state index < -0.39 is 0 Å². The molecule has 0 bridgehead atoms. The summed E-state index contributed by atoms with van der Waals surface area (Å²) in [6.07, 6.45) is 0. The van der Waals surface area contributed by atoms with Crippen LogP contribution in [0, 0.1) is 0 Å². The molecule has 0 atom stereocenters. The molecule has 0 saturated carbocycles. The van der Waals surface area contributed by atoms with Crippen LogP contribution in [-0.2, 0) is 36.5 Å². The Hall–Kier alpha value is 2.92. The molecule has 0 nitrogen and oxygen atoms in total. The maximum absolute atomic E-state index is 0. The Labute approximate surface area is 89.6 Å². The first-order chi connectivity index (χ1) is 0. The van der Waals surface area contributed by atoms with Crippen molar-refractivity contribution in [1.82, 2.24) is 0 Å². The molecular formula is CaCuSeZn. The molecule has 0 rings (SSSR count). The van der Waals surface area contributed by atoms with Gasteiger partial charge in [0.25, 0.3) is 0 Å². The topological polar surface area (TPSA) is 0 Å². The van der Waals surface area contributed by atoms with Crippen LogP contribution in [0.4, 0.5) is 0 Å². The van der Waals surface area contributed by atoms with E-state index in [-0.39, 0.29) is 91.4 Å². The van der Waals surface area contributed by atoms with E-state index in [9.17, 15) is 0 Å². The third kappa shape index (κ3) is 8.87. The van der Waals surface area contributed by atoms with Crippen LogP contribution >= 0.6 is 0 Å². The summed E-state index contributed by atoms with van der Waals surface area (Å²) in [4.78, 5) is 0. The summed E-state index contributed by atoms with van der Waals surface area (Å²) in [7, 11) is 0. The standard InChI is InChI=1S/Ca.Cu.Se.Zn. The average molecular weight is 248 g/mol. The first-order valence-corrected chi connectivity index (χ1v) is 0. The van der Waals surface area contributed by atoms with Crippen LogP contribution < -0.4 is 0 Å². The van der Waals surface area contributed by atoms with Gasteiger partial charge in [0.2, 0.25) is 0 Å². The first-order valence-electron chi connectivity index (χ1n) is 0. The molecule has 0 N–H and O–H groups in total. The predicted octanol–water partition coefficient (Wildman–Crippen LogP) is -0.767. The van der Waals surface area contributed by atoms with Crippen molar-refractivity contribution < 1.29 is 36.5 Å². The summed E-state index contributed by atoms with van der Waals surface area (Å²) in [5.41, 5.74) is 0. The molecule has 0 spiro atoms. The Morgan fingerprint density at radius 1 is 1.00 bits per heavy atom. The number of hydrogen-bond acceptors (Lipinski definition) is 0. The van der Waals surface area contributed by atoms with Gasteiger partial charge in [-0.25, -0.2) is 0 Å². The molecule has 0 saturated heterocycles. The maximum atomic E-state index is 0. The molecule has 0 fully saturated rings. The van der Waals surface area contributed by atoms with Crippen molar-refractivity contribution >= 4 is 54.8 Å². The van der Waals surface area contributed by atoms with Gasteiger partial charge in [0, 0.05) is 91.4 Å². The van der Waals surface area contributed by atoms with Gasteiger partial charge in [-0.3, -0.25) is 0 Å². The average Bonchev–Trinajstić information content (AvgIpc) is 0. The third-order valence-electron chi connectivity index (χ3n) is 0. The largest absolute Gasteiger partial charge is 0 e. The molecule has 0 aliphatic rings. The Morgan fingerprint density at radius 2 is 1.00 bits per heavy atom. The van der Waals surface area contributed by atoms with Gasteiger partial charge in [-0.1, -0.05) is 0 Å². The Bertz CT molecular complexity index is 8.00. The fraction of sp³-hybridized carbons (Fsp3) is 0. The Morgan fingerprint density at radius 3 is 1.00 bits per heavy atom. The predicted molar refractivity (Wildman–Crippen MR) is 11.5 cm³/mol. The minimum absolute atomic E-state index is 0. The van der Waals surface area contributed by atoms with Gasteiger partial charge >= 0.3 is 0 Å². The quantitative estimate of drug-likeness (QED) is 0.494. The van der Waals surface area contributed by atoms with E-state index in [0.717, 1.165) is 0 Å². The smallest absolute Gasteiger partial charge is 0 e.